The van der Waals surface area contributed by atoms with Crippen LogP contribution in [0, 0.1) is 6.92 Å². The van der Waals surface area contributed by atoms with Crippen molar-refractivity contribution in [1.82, 2.24) is 0 Å². The van der Waals surface area contributed by atoms with Crippen LogP contribution in [-0.4, -0.2) is 10.2 Å². The van der Waals surface area contributed by atoms with Gasteiger partial charge in [0.25, 0.3) is 0 Å². The van der Waals surface area contributed by atoms with Crippen molar-refractivity contribution < 1.29 is 0 Å². The van der Waals surface area contributed by atoms with Gasteiger partial charge in [-0.05, 0) is 24.1 Å². The molecule has 0 aromatic heterocycles. The van der Waals surface area contributed by atoms with Gasteiger partial charge in [0.2, 0.25) is 0 Å². The second kappa shape index (κ2) is 2.83. The molecule has 0 amide bonds. The van der Waals surface area contributed by atoms with Crippen molar-refractivity contribution in [2.24, 2.45) is 0 Å². The molecule has 0 aliphatic heterocycles. The first-order chi connectivity index (χ1) is 4.34. The molecule has 0 nitrogen and oxygen atoms in total. The Hall–Kier alpha value is -0.563. The molecule has 0 aliphatic rings. The van der Waals surface area contributed by atoms with E-state index in [-0.39, 0.29) is 0 Å². The summed E-state index contributed by atoms with van der Waals surface area (Å²) >= 11 is 0. The molecule has 0 saturated carbocycles. The fourth-order valence-corrected chi connectivity index (χ4v) is 1.80. The van der Waals surface area contributed by atoms with Crippen LogP contribution >= 0.6 is 0 Å². The van der Waals surface area contributed by atoms with Gasteiger partial charge in [0, 0.05) is 10.2 Å². The third-order valence-corrected chi connectivity index (χ3v) is 2.40. The minimum absolute atomic E-state index is 1.28. The van der Waals surface area contributed by atoms with Crippen LogP contribution in [0.3, 0.4) is 0 Å². The van der Waals surface area contributed by atoms with Crippen molar-refractivity contribution in [2.45, 2.75) is 13.0 Å². The van der Waals surface area contributed by atoms with E-state index in [0.29, 0.717) is 0 Å². The maximum absolute atomic E-state index is 2.21. The van der Waals surface area contributed by atoms with Gasteiger partial charge in [0.05, 0.1) is 0 Å². The summed E-state index contributed by atoms with van der Waals surface area (Å²) < 4.78 is 0. The molecule has 0 aliphatic carbocycles. The predicted molar refractivity (Wildman–Crippen MR) is 44.8 cm³/mol. The molecule has 0 N–H and O–H groups in total. The van der Waals surface area contributed by atoms with Gasteiger partial charge in [-0.25, -0.2) is 0 Å². The highest BCUT2D eigenvalue weighted by Crippen LogP contribution is 2.04. The molecule has 0 unspecified atom stereocenters. The van der Waals surface area contributed by atoms with Gasteiger partial charge in [-0.15, -0.1) is 0 Å². The van der Waals surface area contributed by atoms with Gasteiger partial charge in [-0.2, -0.15) is 0 Å². The molecule has 1 heteroatoms. The Morgan fingerprint density at radius 3 is 2.44 bits per heavy atom. The largest absolute Gasteiger partial charge is 0.0620 e. The van der Waals surface area contributed by atoms with Crippen molar-refractivity contribution >= 4 is 10.2 Å². The second-order valence-corrected chi connectivity index (χ2v) is 2.99. The van der Waals surface area contributed by atoms with Crippen LogP contribution in [0.5, 0.6) is 0 Å². The molecule has 0 spiro atoms. The Morgan fingerprint density at radius 2 is 2.00 bits per heavy atom. The SMILES string of the molecule is Cc1ccccc1C[SiH3]. The molecule has 0 bridgehead atoms. The average molecular weight is 136 g/mol. The minimum atomic E-state index is 1.28. The summed E-state index contributed by atoms with van der Waals surface area (Å²) in [4.78, 5) is 0. The van der Waals surface area contributed by atoms with Gasteiger partial charge < -0.3 is 0 Å². The van der Waals surface area contributed by atoms with E-state index in [1.165, 1.54) is 27.4 Å². The number of hydrogen-bond donors (Lipinski definition) is 0. The summed E-state index contributed by atoms with van der Waals surface area (Å²) in [5, 5.41) is 0. The molecule has 0 saturated heterocycles. The highest BCUT2D eigenvalue weighted by atomic mass is 28.1. The smallest absolute Gasteiger partial charge is 0.00834 e. The monoisotopic (exact) mass is 136 g/mol. The lowest BCUT2D eigenvalue weighted by Gasteiger charge is -1.98. The van der Waals surface area contributed by atoms with E-state index in [2.05, 4.69) is 31.2 Å². The van der Waals surface area contributed by atoms with Crippen molar-refractivity contribution in [3.05, 3.63) is 35.4 Å². The van der Waals surface area contributed by atoms with Crippen LogP contribution in [0.4, 0.5) is 0 Å². The van der Waals surface area contributed by atoms with E-state index in [9.17, 15) is 0 Å². The first-order valence-electron chi connectivity index (χ1n) is 3.39. The summed E-state index contributed by atoms with van der Waals surface area (Å²) in [5.74, 6) is 0. The second-order valence-electron chi connectivity index (χ2n) is 2.28. The highest BCUT2D eigenvalue weighted by Gasteiger charge is 1.89. The normalized spacial score (nSPS) is 9.89. The maximum Gasteiger partial charge on any atom is 0.00834 e. The van der Waals surface area contributed by atoms with Crippen molar-refractivity contribution in [2.75, 3.05) is 0 Å². The van der Waals surface area contributed by atoms with Gasteiger partial charge >= 0.3 is 0 Å². The molecule has 1 aromatic carbocycles. The van der Waals surface area contributed by atoms with Gasteiger partial charge in [-0.1, -0.05) is 24.3 Å². The van der Waals surface area contributed by atoms with Crippen molar-refractivity contribution in [3.8, 4) is 0 Å². The molecule has 9 heavy (non-hydrogen) atoms. The third kappa shape index (κ3) is 1.42. The fraction of sp³-hybridized carbons (Fsp3) is 0.250. The zero-order valence-corrected chi connectivity index (χ0v) is 8.02. The first-order valence-corrected chi connectivity index (χ1v) is 4.80. The lowest BCUT2D eigenvalue weighted by atomic mass is 10.1. The molecule has 0 fully saturated rings. The van der Waals surface area contributed by atoms with E-state index >= 15 is 0 Å². The molecule has 1 aromatic rings. The van der Waals surface area contributed by atoms with E-state index in [1.54, 1.807) is 0 Å². The summed E-state index contributed by atoms with van der Waals surface area (Å²) in [5.41, 5.74) is 2.96. The topological polar surface area (TPSA) is 0 Å². The lowest BCUT2D eigenvalue weighted by molar-refractivity contribution is 1.30. The molecular formula is C8H12Si. The Balaban J connectivity index is 3.01. The van der Waals surface area contributed by atoms with Crippen molar-refractivity contribution in [1.29, 1.82) is 0 Å². The fourth-order valence-electron chi connectivity index (χ4n) is 1.01. The van der Waals surface area contributed by atoms with Crippen LogP contribution < -0.4 is 0 Å². The van der Waals surface area contributed by atoms with E-state index in [4.69, 9.17) is 0 Å². The van der Waals surface area contributed by atoms with Crippen LogP contribution in [0.2, 0.25) is 0 Å². The Labute approximate surface area is 59.3 Å². The first kappa shape index (κ1) is 6.56. The molecule has 48 valence electrons. The quantitative estimate of drug-likeness (QED) is 0.502. The maximum atomic E-state index is 2.21. The molecule has 0 radical (unpaired) electrons. The van der Waals surface area contributed by atoms with Gasteiger partial charge in [0.15, 0.2) is 0 Å². The zero-order valence-electron chi connectivity index (χ0n) is 6.02. The number of aryl methyl sites for hydroxylation is 1. The van der Waals surface area contributed by atoms with Gasteiger partial charge in [0.1, 0.15) is 0 Å². The Bertz CT molecular complexity index is 194. The van der Waals surface area contributed by atoms with E-state index in [0.717, 1.165) is 0 Å². The summed E-state index contributed by atoms with van der Waals surface area (Å²) in [6.45, 7) is 2.17. The highest BCUT2D eigenvalue weighted by molar-refractivity contribution is 6.08. The van der Waals surface area contributed by atoms with Gasteiger partial charge in [-0.3, -0.25) is 0 Å². The minimum Gasteiger partial charge on any atom is -0.0620 e. The molecule has 0 atom stereocenters. The Kier molecular flexibility index (Phi) is 2.06. The third-order valence-electron chi connectivity index (χ3n) is 1.64. The summed E-state index contributed by atoms with van der Waals surface area (Å²) in [6, 6.07) is 9.87. The standard InChI is InChI=1S/C8H12Si/c1-7-4-2-3-5-8(7)6-9/h2-5H,6H2,1,9H3. The average Bonchev–Trinajstić information content (AvgIpc) is 1.89. The lowest BCUT2D eigenvalue weighted by Crippen LogP contribution is -1.86. The van der Waals surface area contributed by atoms with E-state index < -0.39 is 0 Å². The summed E-state index contributed by atoms with van der Waals surface area (Å²) in [7, 11) is 1.28. The number of hydrogen-bond acceptors (Lipinski definition) is 0. The van der Waals surface area contributed by atoms with Crippen LogP contribution in [-0.2, 0) is 6.04 Å². The molecule has 0 heterocycles. The van der Waals surface area contributed by atoms with E-state index in [1.807, 2.05) is 0 Å². The zero-order chi connectivity index (χ0) is 6.69. The van der Waals surface area contributed by atoms with Crippen LogP contribution in [0.1, 0.15) is 11.1 Å². The van der Waals surface area contributed by atoms with Crippen LogP contribution in [0.25, 0.3) is 0 Å². The summed E-state index contributed by atoms with van der Waals surface area (Å²) in [6.07, 6.45) is 0. The number of benzene rings is 1. The molecular weight excluding hydrogens is 124 g/mol. The number of rotatable bonds is 1. The van der Waals surface area contributed by atoms with Crippen LogP contribution in [0.15, 0.2) is 24.3 Å². The van der Waals surface area contributed by atoms with Crippen molar-refractivity contribution in [3.63, 3.8) is 0 Å². The molecule has 1 rings (SSSR count). The Morgan fingerprint density at radius 1 is 1.33 bits per heavy atom. The predicted octanol–water partition coefficient (Wildman–Crippen LogP) is 0.860.